The molecule has 7 amide bonds. The van der Waals surface area contributed by atoms with E-state index in [9.17, 15) is 33.6 Å². The first-order valence-corrected chi connectivity index (χ1v) is 27.5. The quantitative estimate of drug-likeness (QED) is 0.0637. The zero-order valence-corrected chi connectivity index (χ0v) is 52.2. The van der Waals surface area contributed by atoms with Crippen molar-refractivity contribution >= 4 is 60.4 Å². The molecule has 0 saturated carbocycles. The largest absolute Gasteiger partial charge is 0.492 e. The highest BCUT2D eigenvalue weighted by Crippen LogP contribution is 2.23. The number of amides is 7. The molecule has 0 aliphatic carbocycles. The van der Waals surface area contributed by atoms with E-state index in [1.807, 2.05) is 0 Å². The third-order valence-electron chi connectivity index (χ3n) is 9.76. The van der Waals surface area contributed by atoms with Crippen molar-refractivity contribution in [3.63, 3.8) is 0 Å². The minimum Gasteiger partial charge on any atom is -0.492 e. The van der Waals surface area contributed by atoms with Gasteiger partial charge in [-0.3, -0.25) is 15.2 Å². The summed E-state index contributed by atoms with van der Waals surface area (Å²) in [6, 6.07) is 6.12. The summed E-state index contributed by atoms with van der Waals surface area (Å²) in [6.07, 6.45) is -2.05. The van der Waals surface area contributed by atoms with Gasteiger partial charge in [-0.2, -0.15) is 0 Å². The van der Waals surface area contributed by atoms with Crippen LogP contribution in [-0.2, 0) is 33.2 Å². The van der Waals surface area contributed by atoms with Gasteiger partial charge in [0.05, 0.1) is 25.7 Å². The highest BCUT2D eigenvalue weighted by atomic mass is 16.6. The standard InChI is InChI=1S/C57H95N9O15/c1-51(2,3)75-44(67)60-39-36-59-41(66(37-39)50(73)81-57(19,20)21)38-28-30-40(31-29-38)74-35-34-65(49(72)80-56(16,17)18)43(63-47(70)78-54(10,11)12)64(48(71)79-55(13,14)15)33-27-25-23-22-24-26-32-58-42(61-45(68)76-52(4,5)6)62-46(69)77-53(7,8)9/h28-31,39H,22-27,32-37H2,1-21H3,(H,60,67)(H2,58,61,62,68,69)/b63-43+. The number of ether oxygens (including phenoxy) is 8. The van der Waals surface area contributed by atoms with Crippen LogP contribution in [0.25, 0.3) is 0 Å². The van der Waals surface area contributed by atoms with E-state index in [4.69, 9.17) is 37.9 Å². The lowest BCUT2D eigenvalue weighted by molar-refractivity contribution is 0.0257. The van der Waals surface area contributed by atoms with E-state index in [1.165, 1.54) is 4.90 Å². The number of amidine groups is 1. The molecule has 2 rings (SSSR count). The predicted octanol–water partition coefficient (Wildman–Crippen LogP) is 11.5. The van der Waals surface area contributed by atoms with E-state index in [2.05, 4.69) is 30.9 Å². The number of benzene rings is 1. The summed E-state index contributed by atoms with van der Waals surface area (Å²) < 4.78 is 45.2. The number of rotatable bonds is 15. The van der Waals surface area contributed by atoms with Crippen LogP contribution >= 0.6 is 0 Å². The summed E-state index contributed by atoms with van der Waals surface area (Å²) in [4.78, 5) is 110. The number of alkyl carbamates (subject to hydrolysis) is 2. The number of guanidine groups is 2. The van der Waals surface area contributed by atoms with Crippen molar-refractivity contribution in [2.45, 2.75) is 229 Å². The third-order valence-corrected chi connectivity index (χ3v) is 9.76. The second-order valence-electron chi connectivity index (χ2n) is 26.2. The van der Waals surface area contributed by atoms with Crippen LogP contribution in [0, 0.1) is 0 Å². The van der Waals surface area contributed by atoms with Crippen LogP contribution in [-0.4, -0.2) is 160 Å². The van der Waals surface area contributed by atoms with Gasteiger partial charge in [-0.1, -0.05) is 25.7 Å². The van der Waals surface area contributed by atoms with E-state index < -0.39 is 93.9 Å². The van der Waals surface area contributed by atoms with Crippen LogP contribution in [0.1, 0.15) is 189 Å². The molecular formula is C57H95N9O15. The van der Waals surface area contributed by atoms with E-state index in [-0.39, 0.29) is 38.7 Å². The van der Waals surface area contributed by atoms with Gasteiger partial charge in [-0.25, -0.2) is 43.4 Å². The number of carbonyl (C=O) groups is 7. The van der Waals surface area contributed by atoms with E-state index in [1.54, 1.807) is 170 Å². The SMILES string of the molecule is CC(C)(C)OC(=O)/N=C(/NCCCCCCCCN(C(=O)OC(C)(C)C)/C(=N\C(=O)OC(C)(C)C)N(CCOc1ccc(C2=NCC(NC(=O)OC(C)(C)C)CN2C(=O)OC(C)(C)C)cc1)C(=O)OC(C)(C)C)NC(=O)OC(C)(C)C. The highest BCUT2D eigenvalue weighted by Gasteiger charge is 2.37. The Morgan fingerprint density at radius 1 is 0.543 bits per heavy atom. The molecule has 0 aromatic heterocycles. The Morgan fingerprint density at radius 3 is 1.48 bits per heavy atom. The molecule has 3 N–H and O–H groups in total. The van der Waals surface area contributed by atoms with Gasteiger partial charge >= 0.3 is 42.7 Å². The summed E-state index contributed by atoms with van der Waals surface area (Å²) >= 11 is 0. The summed E-state index contributed by atoms with van der Waals surface area (Å²) in [6.45, 7) is 35.8. The average molecular weight is 1150 g/mol. The van der Waals surface area contributed by atoms with Crippen molar-refractivity contribution in [2.24, 2.45) is 15.0 Å². The fourth-order valence-electron chi connectivity index (χ4n) is 6.90. The lowest BCUT2D eigenvalue weighted by atomic mass is 10.1. The van der Waals surface area contributed by atoms with Gasteiger partial charge in [0.1, 0.15) is 57.4 Å². The molecule has 0 spiro atoms. The Balaban J connectivity index is 2.41. The molecule has 1 atom stereocenters. The van der Waals surface area contributed by atoms with Gasteiger partial charge in [-0.05, 0) is 183 Å². The Bertz CT molecular complexity index is 2370. The number of nitrogens with one attached hydrogen (secondary N) is 3. The Morgan fingerprint density at radius 2 is 0.988 bits per heavy atom. The topological polar surface area (TPSA) is 276 Å². The molecule has 1 aliphatic rings. The molecule has 1 heterocycles. The Labute approximate surface area is 480 Å². The van der Waals surface area contributed by atoms with Crippen LogP contribution in [0.15, 0.2) is 39.2 Å². The van der Waals surface area contributed by atoms with Crippen LogP contribution < -0.4 is 20.7 Å². The number of nitrogens with zero attached hydrogens (tertiary/aromatic N) is 6. The normalized spacial score (nSPS) is 14.8. The van der Waals surface area contributed by atoms with Crippen molar-refractivity contribution in [1.82, 2.24) is 30.7 Å². The van der Waals surface area contributed by atoms with Crippen LogP contribution in [0.5, 0.6) is 5.75 Å². The molecule has 0 saturated heterocycles. The van der Waals surface area contributed by atoms with Gasteiger partial charge in [0, 0.05) is 18.7 Å². The molecule has 1 aliphatic heterocycles. The third kappa shape index (κ3) is 31.1. The molecule has 0 radical (unpaired) electrons. The predicted molar refractivity (Wildman–Crippen MR) is 308 cm³/mol. The molecule has 1 aromatic rings. The Hall–Kier alpha value is -6.88. The maximum Gasteiger partial charge on any atom is 0.437 e. The zero-order valence-electron chi connectivity index (χ0n) is 52.2. The monoisotopic (exact) mass is 1150 g/mol. The van der Waals surface area contributed by atoms with Gasteiger partial charge in [0.15, 0.2) is 0 Å². The van der Waals surface area contributed by atoms with Gasteiger partial charge in [-0.15, -0.1) is 9.98 Å². The van der Waals surface area contributed by atoms with Crippen LogP contribution in [0.3, 0.4) is 0 Å². The van der Waals surface area contributed by atoms with Crippen molar-refractivity contribution < 1.29 is 71.5 Å². The fourth-order valence-corrected chi connectivity index (χ4v) is 6.90. The molecule has 81 heavy (non-hydrogen) atoms. The van der Waals surface area contributed by atoms with Crippen LogP contribution in [0.2, 0.25) is 0 Å². The minimum atomic E-state index is -1.08. The molecule has 0 bridgehead atoms. The molecular weight excluding hydrogens is 1050 g/mol. The van der Waals surface area contributed by atoms with Gasteiger partial charge in [0.25, 0.3) is 0 Å². The first-order valence-electron chi connectivity index (χ1n) is 27.5. The summed E-state index contributed by atoms with van der Waals surface area (Å²) in [5.74, 6) is 0.141. The molecule has 24 heteroatoms. The lowest BCUT2D eigenvalue weighted by Gasteiger charge is -2.34. The zero-order chi connectivity index (χ0) is 62.0. The number of carbonyl (C=O) groups excluding carboxylic acids is 7. The first kappa shape index (κ1) is 70.2. The lowest BCUT2D eigenvalue weighted by Crippen LogP contribution is -2.54. The van der Waals surface area contributed by atoms with Crippen molar-refractivity contribution in [3.8, 4) is 5.75 Å². The first-order chi connectivity index (χ1) is 36.9. The van der Waals surface area contributed by atoms with Gasteiger partial charge in [0.2, 0.25) is 11.9 Å². The van der Waals surface area contributed by atoms with E-state index in [0.29, 0.717) is 43.0 Å². The molecule has 1 unspecified atom stereocenters. The summed E-state index contributed by atoms with van der Waals surface area (Å²) in [5.41, 5.74) is -5.65. The molecule has 458 valence electrons. The van der Waals surface area contributed by atoms with E-state index in [0.717, 1.165) is 29.1 Å². The maximum absolute atomic E-state index is 14.3. The molecule has 0 fully saturated rings. The number of hydrogen-bond donors (Lipinski definition) is 3. The smallest absolute Gasteiger partial charge is 0.437 e. The van der Waals surface area contributed by atoms with E-state index >= 15 is 0 Å². The average Bonchev–Trinajstić information content (AvgIpc) is 3.23. The number of aliphatic imine (C=N–C) groups is 3. The van der Waals surface area contributed by atoms with Crippen LogP contribution in [0.4, 0.5) is 33.6 Å². The van der Waals surface area contributed by atoms with Crippen molar-refractivity contribution in [2.75, 3.05) is 39.3 Å². The molecule has 24 nitrogen and oxygen atoms in total. The number of hydrogen-bond acceptors (Lipinski definition) is 16. The maximum atomic E-state index is 14.3. The molecule has 1 aromatic carbocycles. The summed E-state index contributed by atoms with van der Waals surface area (Å²) in [7, 11) is 0. The second kappa shape index (κ2) is 29.7. The highest BCUT2D eigenvalue weighted by molar-refractivity contribution is 6.07. The summed E-state index contributed by atoms with van der Waals surface area (Å²) in [5, 5.41) is 8.24. The Kier molecular flexibility index (Phi) is 25.8. The fraction of sp³-hybridized carbons (Fsp3) is 0.719. The number of unbranched alkanes of at least 4 members (excludes halogenated alkanes) is 5. The van der Waals surface area contributed by atoms with Gasteiger partial charge < -0.3 is 48.5 Å². The van der Waals surface area contributed by atoms with Crippen molar-refractivity contribution in [1.29, 1.82) is 0 Å². The second-order valence-corrected chi connectivity index (χ2v) is 26.2. The van der Waals surface area contributed by atoms with Crippen molar-refractivity contribution in [3.05, 3.63) is 29.8 Å². The minimum absolute atomic E-state index is 0.0391.